The summed E-state index contributed by atoms with van der Waals surface area (Å²) in [6.07, 6.45) is 7.11. The third kappa shape index (κ3) is 2.32. The van der Waals surface area contributed by atoms with Crippen LogP contribution in [-0.4, -0.2) is 24.5 Å². The topological polar surface area (TPSA) is 48.4 Å². The van der Waals surface area contributed by atoms with E-state index in [1.54, 1.807) is 19.4 Å². The molecule has 86 valence electrons. The summed E-state index contributed by atoms with van der Waals surface area (Å²) in [6.45, 7) is 0. The first-order chi connectivity index (χ1) is 7.83. The van der Waals surface area contributed by atoms with E-state index in [2.05, 4.69) is 4.98 Å². The van der Waals surface area contributed by atoms with Crippen LogP contribution in [0.25, 0.3) is 0 Å². The largest absolute Gasteiger partial charge is 0.493 e. The number of aldehydes is 1. The van der Waals surface area contributed by atoms with Crippen molar-refractivity contribution in [1.29, 1.82) is 0 Å². The molecule has 1 aliphatic carbocycles. The average molecular weight is 221 g/mol. The van der Waals surface area contributed by atoms with Gasteiger partial charge in [-0.3, -0.25) is 4.79 Å². The predicted molar refractivity (Wildman–Crippen MR) is 59.1 cm³/mol. The van der Waals surface area contributed by atoms with Gasteiger partial charge in [-0.1, -0.05) is 0 Å². The third-order valence-corrected chi connectivity index (χ3v) is 2.79. The van der Waals surface area contributed by atoms with Crippen LogP contribution in [0.5, 0.6) is 11.5 Å². The van der Waals surface area contributed by atoms with E-state index in [0.717, 1.165) is 12.8 Å². The van der Waals surface area contributed by atoms with Crippen LogP contribution in [0.3, 0.4) is 0 Å². The molecule has 0 aliphatic heterocycles. The monoisotopic (exact) mass is 221 g/mol. The van der Waals surface area contributed by atoms with Crippen LogP contribution in [0.1, 0.15) is 36.2 Å². The number of methoxy groups -OCH3 is 1. The zero-order chi connectivity index (χ0) is 11.4. The van der Waals surface area contributed by atoms with Crippen molar-refractivity contribution in [2.24, 2.45) is 0 Å². The Morgan fingerprint density at radius 3 is 2.75 bits per heavy atom. The van der Waals surface area contributed by atoms with Crippen molar-refractivity contribution >= 4 is 6.29 Å². The van der Waals surface area contributed by atoms with Crippen LogP contribution < -0.4 is 9.47 Å². The summed E-state index contributed by atoms with van der Waals surface area (Å²) < 4.78 is 11.0. The first-order valence-electron chi connectivity index (χ1n) is 5.49. The number of ether oxygens (including phenoxy) is 2. The van der Waals surface area contributed by atoms with E-state index < -0.39 is 0 Å². The molecule has 0 aromatic carbocycles. The van der Waals surface area contributed by atoms with Gasteiger partial charge in [-0.25, -0.2) is 4.98 Å². The number of aromatic nitrogens is 1. The predicted octanol–water partition coefficient (Wildman–Crippen LogP) is 2.22. The number of rotatable bonds is 4. The fourth-order valence-corrected chi connectivity index (χ4v) is 1.94. The summed E-state index contributed by atoms with van der Waals surface area (Å²) >= 11 is 0. The summed E-state index contributed by atoms with van der Waals surface area (Å²) in [5.41, 5.74) is 0.357. The highest BCUT2D eigenvalue weighted by Crippen LogP contribution is 2.30. The molecule has 1 aliphatic rings. The molecule has 4 nitrogen and oxygen atoms in total. The summed E-state index contributed by atoms with van der Waals surface area (Å²) in [6, 6.07) is 1.59. The maximum atomic E-state index is 10.6. The second-order valence-corrected chi connectivity index (χ2v) is 3.90. The van der Waals surface area contributed by atoms with E-state index in [1.165, 1.54) is 12.8 Å². The van der Waals surface area contributed by atoms with Gasteiger partial charge in [-0.05, 0) is 25.7 Å². The Balaban J connectivity index is 2.15. The van der Waals surface area contributed by atoms with Gasteiger partial charge < -0.3 is 9.47 Å². The Morgan fingerprint density at radius 2 is 2.12 bits per heavy atom. The molecule has 0 atom stereocenters. The van der Waals surface area contributed by atoms with Crippen molar-refractivity contribution in [3.63, 3.8) is 0 Å². The molecular weight excluding hydrogens is 206 g/mol. The molecule has 2 rings (SSSR count). The van der Waals surface area contributed by atoms with Crippen LogP contribution in [0.2, 0.25) is 0 Å². The molecule has 1 aromatic heterocycles. The molecule has 4 heteroatoms. The lowest BCUT2D eigenvalue weighted by atomic mass is 10.3. The van der Waals surface area contributed by atoms with E-state index in [4.69, 9.17) is 9.47 Å². The van der Waals surface area contributed by atoms with Crippen molar-refractivity contribution in [3.05, 3.63) is 18.0 Å². The standard InChI is InChI=1S/C12H15NO3/c1-15-11-6-9(8-14)13-7-12(11)16-10-4-2-3-5-10/h6-8,10H,2-5H2,1H3. The van der Waals surface area contributed by atoms with Crippen LogP contribution >= 0.6 is 0 Å². The van der Waals surface area contributed by atoms with Gasteiger partial charge in [0.15, 0.2) is 17.8 Å². The number of hydrogen-bond donors (Lipinski definition) is 0. The Hall–Kier alpha value is -1.58. The lowest BCUT2D eigenvalue weighted by molar-refractivity contribution is 0.111. The van der Waals surface area contributed by atoms with E-state index in [1.807, 2.05) is 0 Å². The van der Waals surface area contributed by atoms with Gasteiger partial charge in [0, 0.05) is 6.07 Å². The highest BCUT2D eigenvalue weighted by molar-refractivity contribution is 5.73. The van der Waals surface area contributed by atoms with Gasteiger partial charge in [0.25, 0.3) is 0 Å². The first kappa shape index (κ1) is 10.9. The van der Waals surface area contributed by atoms with Gasteiger partial charge >= 0.3 is 0 Å². The summed E-state index contributed by atoms with van der Waals surface area (Å²) in [5, 5.41) is 0. The van der Waals surface area contributed by atoms with Gasteiger partial charge in [0.2, 0.25) is 0 Å². The molecule has 1 saturated carbocycles. The van der Waals surface area contributed by atoms with Crippen LogP contribution in [-0.2, 0) is 0 Å². The number of nitrogens with zero attached hydrogens (tertiary/aromatic N) is 1. The fourth-order valence-electron chi connectivity index (χ4n) is 1.94. The van der Waals surface area contributed by atoms with Crippen molar-refractivity contribution in [2.45, 2.75) is 31.8 Å². The maximum Gasteiger partial charge on any atom is 0.179 e. The average Bonchev–Trinajstić information content (AvgIpc) is 2.82. The zero-order valence-electron chi connectivity index (χ0n) is 9.31. The van der Waals surface area contributed by atoms with E-state index in [-0.39, 0.29) is 6.10 Å². The van der Waals surface area contributed by atoms with Gasteiger partial charge in [0.1, 0.15) is 5.69 Å². The molecule has 16 heavy (non-hydrogen) atoms. The summed E-state index contributed by atoms with van der Waals surface area (Å²) in [7, 11) is 1.56. The van der Waals surface area contributed by atoms with Gasteiger partial charge in [-0.15, -0.1) is 0 Å². The molecule has 1 heterocycles. The van der Waals surface area contributed by atoms with Gasteiger partial charge in [-0.2, -0.15) is 0 Å². The number of hydrogen-bond acceptors (Lipinski definition) is 4. The van der Waals surface area contributed by atoms with Crippen molar-refractivity contribution in [3.8, 4) is 11.5 Å². The molecule has 0 unspecified atom stereocenters. The van der Waals surface area contributed by atoms with Crippen LogP contribution in [0.4, 0.5) is 0 Å². The second-order valence-electron chi connectivity index (χ2n) is 3.90. The molecule has 0 saturated heterocycles. The molecule has 1 fully saturated rings. The highest BCUT2D eigenvalue weighted by atomic mass is 16.5. The molecule has 0 spiro atoms. The second kappa shape index (κ2) is 4.96. The summed E-state index contributed by atoms with van der Waals surface area (Å²) in [4.78, 5) is 14.5. The molecule has 0 radical (unpaired) electrons. The fraction of sp³-hybridized carbons (Fsp3) is 0.500. The highest BCUT2D eigenvalue weighted by Gasteiger charge is 2.18. The normalized spacial score (nSPS) is 16.1. The Morgan fingerprint density at radius 1 is 1.38 bits per heavy atom. The van der Waals surface area contributed by atoms with Crippen LogP contribution in [0.15, 0.2) is 12.3 Å². The minimum Gasteiger partial charge on any atom is -0.493 e. The maximum absolute atomic E-state index is 10.6. The molecular formula is C12H15NO3. The van der Waals surface area contributed by atoms with Gasteiger partial charge in [0.05, 0.1) is 19.4 Å². The third-order valence-electron chi connectivity index (χ3n) is 2.79. The summed E-state index contributed by atoms with van der Waals surface area (Å²) in [5.74, 6) is 1.20. The number of carbonyl (C=O) groups excluding carboxylic acids is 1. The van der Waals surface area contributed by atoms with Crippen molar-refractivity contribution in [2.75, 3.05) is 7.11 Å². The van der Waals surface area contributed by atoms with E-state index in [0.29, 0.717) is 23.5 Å². The van der Waals surface area contributed by atoms with E-state index in [9.17, 15) is 4.79 Å². The number of pyridine rings is 1. The molecule has 0 bridgehead atoms. The first-order valence-corrected chi connectivity index (χ1v) is 5.49. The quantitative estimate of drug-likeness (QED) is 0.731. The lowest BCUT2D eigenvalue weighted by Crippen LogP contribution is -2.12. The van der Waals surface area contributed by atoms with E-state index >= 15 is 0 Å². The number of carbonyl (C=O) groups is 1. The zero-order valence-corrected chi connectivity index (χ0v) is 9.31. The Labute approximate surface area is 94.6 Å². The molecule has 0 N–H and O–H groups in total. The van der Waals surface area contributed by atoms with Crippen molar-refractivity contribution < 1.29 is 14.3 Å². The van der Waals surface area contributed by atoms with Crippen LogP contribution in [0, 0.1) is 0 Å². The minimum atomic E-state index is 0.262. The van der Waals surface area contributed by atoms with Crippen molar-refractivity contribution in [1.82, 2.24) is 4.98 Å². The SMILES string of the molecule is COc1cc(C=O)ncc1OC1CCCC1. The molecule has 1 aromatic rings. The minimum absolute atomic E-state index is 0.262. The molecule has 0 amide bonds. The lowest BCUT2D eigenvalue weighted by Gasteiger charge is -2.15. The Bertz CT molecular complexity index is 373. The Kier molecular flexibility index (Phi) is 3.39. The smallest absolute Gasteiger partial charge is 0.179 e.